The molecule has 1 aromatic carbocycles. The Kier molecular flexibility index (Phi) is 4.37. The van der Waals surface area contributed by atoms with Crippen LogP contribution in [-0.4, -0.2) is 36.0 Å². The van der Waals surface area contributed by atoms with Crippen molar-refractivity contribution in [1.82, 2.24) is 9.88 Å². The Hall–Kier alpha value is -2.08. The first-order valence-electron chi connectivity index (χ1n) is 8.47. The van der Waals surface area contributed by atoms with Crippen LogP contribution < -0.4 is 9.64 Å². The number of aromatic nitrogens is 1. The van der Waals surface area contributed by atoms with Crippen LogP contribution in [0.5, 0.6) is 5.75 Å². The summed E-state index contributed by atoms with van der Waals surface area (Å²) < 4.78 is 6.27. The third-order valence-electron chi connectivity index (χ3n) is 4.90. The van der Waals surface area contributed by atoms with Crippen molar-refractivity contribution in [1.29, 1.82) is 0 Å². The Labute approximate surface area is 155 Å². The summed E-state index contributed by atoms with van der Waals surface area (Å²) >= 11 is 3.48. The molecule has 130 valence electrons. The zero-order chi connectivity index (χ0) is 17.4. The van der Waals surface area contributed by atoms with Crippen molar-refractivity contribution in [2.75, 3.05) is 25.1 Å². The maximum Gasteiger partial charge on any atom is 0.242 e. The Morgan fingerprint density at radius 2 is 2.08 bits per heavy atom. The average Bonchev–Trinajstić information content (AvgIpc) is 3.05. The van der Waals surface area contributed by atoms with E-state index in [0.29, 0.717) is 19.6 Å². The highest BCUT2D eigenvalue weighted by Gasteiger charge is 2.27. The number of carbonyl (C=O) groups excluding carboxylic acids is 1. The van der Waals surface area contributed by atoms with Crippen LogP contribution in [0.4, 0.5) is 5.82 Å². The number of carbonyl (C=O) groups is 1. The molecule has 0 bridgehead atoms. The highest BCUT2D eigenvalue weighted by molar-refractivity contribution is 9.10. The van der Waals surface area contributed by atoms with E-state index in [-0.39, 0.29) is 5.91 Å². The number of pyridine rings is 1. The molecule has 1 aromatic heterocycles. The number of benzene rings is 1. The van der Waals surface area contributed by atoms with Crippen LogP contribution in [0.15, 0.2) is 34.9 Å². The van der Waals surface area contributed by atoms with Crippen LogP contribution in [0, 0.1) is 0 Å². The number of hydrogen-bond acceptors (Lipinski definition) is 4. The van der Waals surface area contributed by atoms with Gasteiger partial charge in [-0.2, -0.15) is 0 Å². The molecule has 3 heterocycles. The van der Waals surface area contributed by atoms with Crippen molar-refractivity contribution in [3.63, 3.8) is 0 Å². The van der Waals surface area contributed by atoms with Crippen molar-refractivity contribution in [2.45, 2.75) is 25.9 Å². The van der Waals surface area contributed by atoms with Crippen molar-refractivity contribution >= 4 is 27.7 Å². The fourth-order valence-corrected chi connectivity index (χ4v) is 3.98. The number of anilines is 1. The van der Waals surface area contributed by atoms with E-state index < -0.39 is 0 Å². The van der Waals surface area contributed by atoms with Gasteiger partial charge in [-0.1, -0.05) is 6.07 Å². The van der Waals surface area contributed by atoms with Gasteiger partial charge < -0.3 is 14.5 Å². The highest BCUT2D eigenvalue weighted by Crippen LogP contribution is 2.29. The lowest BCUT2D eigenvalue weighted by Crippen LogP contribution is -2.40. The molecule has 4 rings (SSSR count). The van der Waals surface area contributed by atoms with Crippen LogP contribution in [0.25, 0.3) is 0 Å². The molecule has 0 unspecified atom stereocenters. The second-order valence-electron chi connectivity index (χ2n) is 6.55. The topological polar surface area (TPSA) is 45.7 Å². The van der Waals surface area contributed by atoms with Crippen molar-refractivity contribution in [3.05, 3.63) is 51.6 Å². The molecule has 6 heteroatoms. The maximum absolute atomic E-state index is 12.8. The Balaban J connectivity index is 1.47. The van der Waals surface area contributed by atoms with E-state index in [1.54, 1.807) is 13.3 Å². The lowest BCUT2D eigenvalue weighted by Gasteiger charge is -2.31. The maximum atomic E-state index is 12.8. The Morgan fingerprint density at radius 3 is 2.92 bits per heavy atom. The number of fused-ring (bicyclic) bond motifs is 2. The van der Waals surface area contributed by atoms with Gasteiger partial charge in [-0.25, -0.2) is 4.98 Å². The molecule has 0 fully saturated rings. The first-order valence-corrected chi connectivity index (χ1v) is 9.26. The Bertz CT molecular complexity index is 824. The number of aryl methyl sites for hydroxylation is 1. The molecule has 0 spiro atoms. The van der Waals surface area contributed by atoms with Gasteiger partial charge in [0.1, 0.15) is 11.6 Å². The van der Waals surface area contributed by atoms with E-state index in [4.69, 9.17) is 4.74 Å². The van der Waals surface area contributed by atoms with Gasteiger partial charge in [0.15, 0.2) is 0 Å². The van der Waals surface area contributed by atoms with Crippen molar-refractivity contribution in [3.8, 4) is 5.75 Å². The van der Waals surface area contributed by atoms with Crippen molar-refractivity contribution in [2.24, 2.45) is 0 Å². The summed E-state index contributed by atoms with van der Waals surface area (Å²) in [6.45, 7) is 2.58. The fraction of sp³-hybridized carbons (Fsp3) is 0.368. The summed E-state index contributed by atoms with van der Waals surface area (Å²) in [5.41, 5.74) is 3.59. The van der Waals surface area contributed by atoms with Crippen LogP contribution >= 0.6 is 15.9 Å². The minimum absolute atomic E-state index is 0.146. The van der Waals surface area contributed by atoms with E-state index in [1.165, 1.54) is 16.7 Å². The van der Waals surface area contributed by atoms with E-state index in [1.807, 2.05) is 17.0 Å². The fourth-order valence-electron chi connectivity index (χ4n) is 3.60. The number of halogens is 1. The zero-order valence-corrected chi connectivity index (χ0v) is 15.8. The van der Waals surface area contributed by atoms with Gasteiger partial charge in [-0.05, 0) is 63.7 Å². The van der Waals surface area contributed by atoms with Crippen LogP contribution in [0.3, 0.4) is 0 Å². The molecule has 0 aliphatic carbocycles. The molecule has 0 saturated heterocycles. The van der Waals surface area contributed by atoms with Gasteiger partial charge in [-0.15, -0.1) is 0 Å². The molecular formula is C19H20BrN3O2. The summed E-state index contributed by atoms with van der Waals surface area (Å²) in [5, 5.41) is 0. The predicted molar refractivity (Wildman–Crippen MR) is 99.7 cm³/mol. The summed E-state index contributed by atoms with van der Waals surface area (Å²) in [6.07, 6.45) is 3.87. The van der Waals surface area contributed by atoms with Gasteiger partial charge in [0, 0.05) is 30.3 Å². The number of nitrogens with zero attached hydrogens (tertiary/aromatic N) is 3. The quantitative estimate of drug-likeness (QED) is 0.792. The molecule has 0 saturated carbocycles. The molecule has 0 N–H and O–H groups in total. The van der Waals surface area contributed by atoms with Crippen LogP contribution in [0.1, 0.15) is 23.1 Å². The van der Waals surface area contributed by atoms with Gasteiger partial charge in [0.05, 0.1) is 13.7 Å². The van der Waals surface area contributed by atoms with Gasteiger partial charge in [0.25, 0.3) is 0 Å². The average molecular weight is 402 g/mol. The zero-order valence-electron chi connectivity index (χ0n) is 14.2. The second-order valence-corrected chi connectivity index (χ2v) is 7.46. The molecule has 0 radical (unpaired) electrons. The van der Waals surface area contributed by atoms with E-state index >= 15 is 0 Å². The molecule has 2 aromatic rings. The van der Waals surface area contributed by atoms with Gasteiger partial charge in [0.2, 0.25) is 5.91 Å². The van der Waals surface area contributed by atoms with Crippen molar-refractivity contribution < 1.29 is 9.53 Å². The number of ether oxygens (including phenoxy) is 1. The first-order chi connectivity index (χ1) is 12.1. The van der Waals surface area contributed by atoms with E-state index in [9.17, 15) is 4.79 Å². The van der Waals surface area contributed by atoms with Crippen LogP contribution in [-0.2, 0) is 24.3 Å². The summed E-state index contributed by atoms with van der Waals surface area (Å²) in [6, 6.07) is 8.14. The van der Waals surface area contributed by atoms with Gasteiger partial charge in [-0.3, -0.25) is 4.79 Å². The predicted octanol–water partition coefficient (Wildman–Crippen LogP) is 3.15. The molecule has 2 aliphatic heterocycles. The third-order valence-corrected chi connectivity index (χ3v) is 5.33. The first kappa shape index (κ1) is 16.4. The Morgan fingerprint density at radius 1 is 1.24 bits per heavy atom. The van der Waals surface area contributed by atoms with Gasteiger partial charge >= 0.3 is 0 Å². The number of hydrogen-bond donors (Lipinski definition) is 0. The normalized spacial score (nSPS) is 15.8. The third kappa shape index (κ3) is 3.23. The summed E-state index contributed by atoms with van der Waals surface area (Å²) in [4.78, 5) is 21.4. The van der Waals surface area contributed by atoms with E-state index in [0.717, 1.165) is 35.4 Å². The number of methoxy groups -OCH3 is 1. The summed E-state index contributed by atoms with van der Waals surface area (Å²) in [5.74, 6) is 1.93. The minimum atomic E-state index is 0.146. The largest absolute Gasteiger partial charge is 0.497 e. The lowest BCUT2D eigenvalue weighted by molar-refractivity contribution is -0.130. The number of rotatable bonds is 3. The second kappa shape index (κ2) is 6.67. The minimum Gasteiger partial charge on any atom is -0.497 e. The molecule has 25 heavy (non-hydrogen) atoms. The monoisotopic (exact) mass is 401 g/mol. The van der Waals surface area contributed by atoms with E-state index in [2.05, 4.69) is 37.9 Å². The summed E-state index contributed by atoms with van der Waals surface area (Å²) in [7, 11) is 1.67. The molecular weight excluding hydrogens is 382 g/mol. The highest BCUT2D eigenvalue weighted by atomic mass is 79.9. The molecule has 5 nitrogen and oxygen atoms in total. The molecule has 1 amide bonds. The lowest BCUT2D eigenvalue weighted by atomic mass is 10.1. The molecule has 0 atom stereocenters. The SMILES string of the molecule is COc1ccc2c(c1)CN(C(=O)CN1CCCc3cc(Br)cnc31)C2. The number of amides is 1. The molecule has 2 aliphatic rings. The standard InChI is InChI=1S/C19H20BrN3O2/c1-25-17-5-4-14-10-23(11-15(14)8-17)18(24)12-22-6-2-3-13-7-16(20)9-21-19(13)22/h4-5,7-9H,2-3,6,10-12H2,1H3. The smallest absolute Gasteiger partial charge is 0.242 e. The van der Waals surface area contributed by atoms with Crippen LogP contribution in [0.2, 0.25) is 0 Å².